The number of hydrogen-bond donors (Lipinski definition) is 2. The molecular weight excluding hydrogens is 501 g/mol. The number of carbonyl (C=O) groups is 2. The van der Waals surface area contributed by atoms with Gasteiger partial charge in [0.15, 0.2) is 0 Å². The number of non-ortho nitro benzene ring substituents is 1. The van der Waals surface area contributed by atoms with Crippen LogP contribution in [0.4, 0.5) is 20.6 Å². The molecule has 0 aliphatic carbocycles. The molecule has 0 fully saturated rings. The molecule has 1 heterocycles. The Morgan fingerprint density at radius 3 is 2.38 bits per heavy atom. The van der Waals surface area contributed by atoms with Crippen LogP contribution < -0.4 is 5.32 Å². The molecular formula is C29H30FN5O4. The molecule has 0 spiro atoms. The van der Waals surface area contributed by atoms with E-state index in [0.717, 1.165) is 22.0 Å². The quantitative estimate of drug-likeness (QED) is 0.190. The van der Waals surface area contributed by atoms with Crippen molar-refractivity contribution in [2.45, 2.75) is 26.3 Å². The van der Waals surface area contributed by atoms with Crippen molar-refractivity contribution in [1.82, 2.24) is 14.8 Å². The summed E-state index contributed by atoms with van der Waals surface area (Å²) >= 11 is 0. The van der Waals surface area contributed by atoms with E-state index in [0.29, 0.717) is 31.6 Å². The van der Waals surface area contributed by atoms with E-state index in [-0.39, 0.29) is 30.5 Å². The van der Waals surface area contributed by atoms with Crippen molar-refractivity contribution in [2.24, 2.45) is 0 Å². The lowest BCUT2D eigenvalue weighted by Crippen LogP contribution is -2.45. The monoisotopic (exact) mass is 531 g/mol. The summed E-state index contributed by atoms with van der Waals surface area (Å²) in [5.41, 5.74) is 3.17. The summed E-state index contributed by atoms with van der Waals surface area (Å²) in [5, 5.41) is 14.7. The van der Waals surface area contributed by atoms with Crippen LogP contribution in [0, 0.1) is 15.9 Å². The van der Waals surface area contributed by atoms with Gasteiger partial charge in [-0.3, -0.25) is 14.9 Å². The van der Waals surface area contributed by atoms with Gasteiger partial charge in [0.25, 0.3) is 5.69 Å². The number of benzene rings is 3. The number of aromatic amines is 1. The molecule has 0 aliphatic heterocycles. The Kier molecular flexibility index (Phi) is 8.88. The molecule has 202 valence electrons. The normalized spacial score (nSPS) is 10.8. The van der Waals surface area contributed by atoms with Gasteiger partial charge in [0, 0.05) is 54.6 Å². The minimum Gasteiger partial charge on any atom is -0.361 e. The first kappa shape index (κ1) is 27.3. The molecule has 2 N–H and O–H groups in total. The molecule has 1 aromatic heterocycles. The van der Waals surface area contributed by atoms with Crippen molar-refractivity contribution in [2.75, 3.05) is 25.0 Å². The zero-order valence-electron chi connectivity index (χ0n) is 21.6. The predicted molar refractivity (Wildman–Crippen MR) is 148 cm³/mol. The topological polar surface area (TPSA) is 112 Å². The largest absolute Gasteiger partial charge is 0.361 e. The molecule has 3 aromatic carbocycles. The number of H-pyrrole nitrogens is 1. The SMILES string of the molecule is CCCN(CC(=O)N(CCc1c[nH]c2ccccc12)Cc1ccc(F)cc1)C(=O)Nc1ccc([N+](=O)[O-])cc1. The minimum atomic E-state index is -0.514. The number of rotatable bonds is 11. The first-order chi connectivity index (χ1) is 18.8. The zero-order chi connectivity index (χ0) is 27.8. The van der Waals surface area contributed by atoms with Crippen LogP contribution in [-0.4, -0.2) is 51.3 Å². The van der Waals surface area contributed by atoms with E-state index in [1.807, 2.05) is 37.4 Å². The Labute approximate surface area is 225 Å². The number of nitrogens with one attached hydrogen (secondary N) is 2. The van der Waals surface area contributed by atoms with Crippen LogP contribution in [0.25, 0.3) is 10.9 Å². The number of halogens is 1. The van der Waals surface area contributed by atoms with E-state index in [9.17, 15) is 24.1 Å². The molecule has 0 atom stereocenters. The average Bonchev–Trinajstić information content (AvgIpc) is 3.35. The van der Waals surface area contributed by atoms with Crippen LogP contribution >= 0.6 is 0 Å². The second kappa shape index (κ2) is 12.7. The smallest absolute Gasteiger partial charge is 0.322 e. The van der Waals surface area contributed by atoms with Crippen LogP contribution in [0.3, 0.4) is 0 Å². The summed E-state index contributed by atoms with van der Waals surface area (Å²) in [5.74, 6) is -0.598. The van der Waals surface area contributed by atoms with Gasteiger partial charge in [-0.1, -0.05) is 37.3 Å². The number of nitro benzene ring substituents is 1. The third-order valence-corrected chi connectivity index (χ3v) is 6.40. The number of anilines is 1. The highest BCUT2D eigenvalue weighted by atomic mass is 19.1. The fourth-order valence-electron chi connectivity index (χ4n) is 4.35. The maximum Gasteiger partial charge on any atom is 0.322 e. The third-order valence-electron chi connectivity index (χ3n) is 6.40. The minimum absolute atomic E-state index is 0.0831. The van der Waals surface area contributed by atoms with Gasteiger partial charge in [-0.05, 0) is 54.3 Å². The van der Waals surface area contributed by atoms with Crippen molar-refractivity contribution >= 4 is 34.2 Å². The maximum absolute atomic E-state index is 13.5. The van der Waals surface area contributed by atoms with Gasteiger partial charge < -0.3 is 20.1 Å². The number of aromatic nitrogens is 1. The highest BCUT2D eigenvalue weighted by Crippen LogP contribution is 2.20. The van der Waals surface area contributed by atoms with Gasteiger partial charge in [0.2, 0.25) is 5.91 Å². The summed E-state index contributed by atoms with van der Waals surface area (Å²) in [4.78, 5) is 43.3. The van der Waals surface area contributed by atoms with Gasteiger partial charge in [-0.2, -0.15) is 0 Å². The molecule has 0 aliphatic rings. The molecule has 0 bridgehead atoms. The van der Waals surface area contributed by atoms with Crippen molar-refractivity contribution < 1.29 is 18.9 Å². The molecule has 0 radical (unpaired) electrons. The van der Waals surface area contributed by atoms with Crippen molar-refractivity contribution in [3.63, 3.8) is 0 Å². The molecule has 4 aromatic rings. The molecule has 0 saturated carbocycles. The van der Waals surface area contributed by atoms with E-state index >= 15 is 0 Å². The fraction of sp³-hybridized carbons (Fsp3) is 0.241. The maximum atomic E-state index is 13.5. The van der Waals surface area contributed by atoms with Crippen molar-refractivity contribution in [1.29, 1.82) is 0 Å². The summed E-state index contributed by atoms with van der Waals surface area (Å²) in [6.07, 6.45) is 3.17. The third kappa shape index (κ3) is 7.19. The summed E-state index contributed by atoms with van der Waals surface area (Å²) in [6, 6.07) is 19.0. The number of carbonyl (C=O) groups excluding carboxylic acids is 2. The number of urea groups is 1. The molecule has 0 unspecified atom stereocenters. The van der Waals surface area contributed by atoms with Gasteiger partial charge in [0.05, 0.1) is 4.92 Å². The molecule has 3 amide bonds. The summed E-state index contributed by atoms with van der Waals surface area (Å²) < 4.78 is 13.5. The second-order valence-electron chi connectivity index (χ2n) is 9.21. The Balaban J connectivity index is 1.48. The first-order valence-electron chi connectivity index (χ1n) is 12.7. The standard InChI is InChI=1S/C29H30FN5O4/c1-2-16-34(29(37)32-24-11-13-25(14-12-24)35(38)39)20-28(36)33(19-21-7-9-23(30)10-8-21)17-15-22-18-31-27-6-4-3-5-26(22)27/h3-14,18,31H,2,15-17,19-20H2,1H3,(H,32,37). The second-order valence-corrected chi connectivity index (χ2v) is 9.21. The van der Waals surface area contributed by atoms with E-state index in [1.165, 1.54) is 41.3 Å². The van der Waals surface area contributed by atoms with Crippen LogP contribution in [0.5, 0.6) is 0 Å². The van der Waals surface area contributed by atoms with Gasteiger partial charge in [-0.25, -0.2) is 9.18 Å². The first-order valence-corrected chi connectivity index (χ1v) is 12.7. The number of nitro groups is 1. The van der Waals surface area contributed by atoms with Gasteiger partial charge in [0.1, 0.15) is 12.4 Å². The van der Waals surface area contributed by atoms with E-state index < -0.39 is 11.0 Å². The fourth-order valence-corrected chi connectivity index (χ4v) is 4.35. The lowest BCUT2D eigenvalue weighted by atomic mass is 10.1. The number of amides is 3. The molecule has 0 saturated heterocycles. The lowest BCUT2D eigenvalue weighted by Gasteiger charge is -2.28. The van der Waals surface area contributed by atoms with Crippen molar-refractivity contribution in [3.8, 4) is 0 Å². The molecule has 9 nitrogen and oxygen atoms in total. The van der Waals surface area contributed by atoms with E-state index in [4.69, 9.17) is 0 Å². The van der Waals surface area contributed by atoms with Crippen LogP contribution in [0.1, 0.15) is 24.5 Å². The van der Waals surface area contributed by atoms with Gasteiger partial charge >= 0.3 is 6.03 Å². The van der Waals surface area contributed by atoms with Gasteiger partial charge in [-0.15, -0.1) is 0 Å². The van der Waals surface area contributed by atoms with Crippen molar-refractivity contribution in [3.05, 3.63) is 106 Å². The van der Waals surface area contributed by atoms with Crippen LogP contribution in [0.2, 0.25) is 0 Å². The zero-order valence-corrected chi connectivity index (χ0v) is 21.6. The van der Waals surface area contributed by atoms with E-state index in [2.05, 4.69) is 10.3 Å². The summed E-state index contributed by atoms with van der Waals surface area (Å²) in [7, 11) is 0. The highest BCUT2D eigenvalue weighted by molar-refractivity contribution is 5.92. The number of para-hydroxylation sites is 1. The van der Waals surface area contributed by atoms with E-state index in [1.54, 1.807) is 17.0 Å². The van der Waals surface area contributed by atoms with Crippen LogP contribution in [-0.2, 0) is 17.8 Å². The lowest BCUT2D eigenvalue weighted by molar-refractivity contribution is -0.384. The molecule has 4 rings (SSSR count). The predicted octanol–water partition coefficient (Wildman–Crippen LogP) is 5.73. The number of nitrogens with zero attached hydrogens (tertiary/aromatic N) is 3. The highest BCUT2D eigenvalue weighted by Gasteiger charge is 2.22. The Hall–Kier alpha value is -4.73. The Bertz CT molecular complexity index is 1440. The number of fused-ring (bicyclic) bond motifs is 1. The molecule has 39 heavy (non-hydrogen) atoms. The van der Waals surface area contributed by atoms with Crippen LogP contribution in [0.15, 0.2) is 79.0 Å². The molecule has 10 heteroatoms. The summed E-state index contributed by atoms with van der Waals surface area (Å²) in [6.45, 7) is 2.77. The Morgan fingerprint density at radius 2 is 1.69 bits per heavy atom. The Morgan fingerprint density at radius 1 is 0.974 bits per heavy atom. The number of hydrogen-bond acceptors (Lipinski definition) is 4. The average molecular weight is 532 g/mol.